The van der Waals surface area contributed by atoms with Gasteiger partial charge >= 0.3 is 5.91 Å². The number of aliphatic hydroxyl groups excluding tert-OH is 1. The van der Waals surface area contributed by atoms with E-state index >= 15 is 0 Å². The molecule has 1 fully saturated rings. The summed E-state index contributed by atoms with van der Waals surface area (Å²) in [5.41, 5.74) is 1.87. The van der Waals surface area contributed by atoms with Crippen LogP contribution in [-0.2, 0) is 9.59 Å². The summed E-state index contributed by atoms with van der Waals surface area (Å²) in [5.74, 6) is -1.47. The van der Waals surface area contributed by atoms with Crippen molar-refractivity contribution in [3.05, 3.63) is 68.6 Å². The third-order valence-electron chi connectivity index (χ3n) is 3.91. The Bertz CT molecular complexity index is 1010. The molecule has 7 nitrogen and oxygen atoms in total. The van der Waals surface area contributed by atoms with Gasteiger partial charge < -0.3 is 9.52 Å². The number of amides is 1. The molecular formula is C17H10IN3O4S. The highest BCUT2D eigenvalue weighted by atomic mass is 127. The summed E-state index contributed by atoms with van der Waals surface area (Å²) in [4.78, 5) is 26.6. The first kappa shape index (κ1) is 16.9. The first-order valence-corrected chi connectivity index (χ1v) is 9.41. The van der Waals surface area contributed by atoms with E-state index in [1.54, 1.807) is 42.5 Å². The molecule has 1 saturated heterocycles. The summed E-state index contributed by atoms with van der Waals surface area (Å²) < 4.78 is 6.26. The predicted octanol–water partition coefficient (Wildman–Crippen LogP) is 3.36. The van der Waals surface area contributed by atoms with E-state index in [9.17, 15) is 14.7 Å². The first-order chi connectivity index (χ1) is 12.6. The highest BCUT2D eigenvalue weighted by Crippen LogP contribution is 2.42. The third-order valence-corrected chi connectivity index (χ3v) is 5.18. The molecule has 130 valence electrons. The predicted molar refractivity (Wildman–Crippen MR) is 103 cm³/mol. The second kappa shape index (κ2) is 6.65. The van der Waals surface area contributed by atoms with Gasteiger partial charge in [-0.15, -0.1) is 10.2 Å². The molecule has 3 aromatic rings. The molecule has 1 amide bonds. The Labute approximate surface area is 165 Å². The lowest BCUT2D eigenvalue weighted by atomic mass is 9.99. The number of aliphatic hydroxyl groups is 1. The molecule has 0 radical (unpaired) electrons. The van der Waals surface area contributed by atoms with Gasteiger partial charge in [-0.05, 0) is 34.7 Å². The molecule has 1 atom stereocenters. The molecule has 3 heterocycles. The van der Waals surface area contributed by atoms with E-state index in [0.717, 1.165) is 11.3 Å². The van der Waals surface area contributed by atoms with Crippen LogP contribution in [0.5, 0.6) is 0 Å². The summed E-state index contributed by atoms with van der Waals surface area (Å²) in [7, 11) is 0. The van der Waals surface area contributed by atoms with Crippen LogP contribution in [0.3, 0.4) is 0 Å². The number of hydrogen-bond acceptors (Lipinski definition) is 7. The Morgan fingerprint density at radius 3 is 2.58 bits per heavy atom. The van der Waals surface area contributed by atoms with Gasteiger partial charge in [0.25, 0.3) is 5.78 Å². The average molecular weight is 479 g/mol. The molecule has 0 spiro atoms. The lowest BCUT2D eigenvalue weighted by Crippen LogP contribution is -2.29. The monoisotopic (exact) mass is 479 g/mol. The second-order valence-corrected chi connectivity index (χ2v) is 7.27. The van der Waals surface area contributed by atoms with E-state index in [4.69, 9.17) is 4.42 Å². The van der Waals surface area contributed by atoms with Crippen LogP contribution in [0.4, 0.5) is 5.13 Å². The summed E-state index contributed by atoms with van der Waals surface area (Å²) in [5, 5.41) is 18.7. The number of Topliss-reactive ketones (excluding diaryl/α,β-unsaturated/α-hetero) is 1. The van der Waals surface area contributed by atoms with E-state index in [0.29, 0.717) is 15.1 Å². The number of carbonyl (C=O) groups excluding carboxylic acids is 2. The minimum Gasteiger partial charge on any atom is -0.507 e. The number of anilines is 1. The molecule has 2 aromatic heterocycles. The number of ketones is 1. The minimum absolute atomic E-state index is 0.0397. The Kier molecular flexibility index (Phi) is 4.32. The molecular weight excluding hydrogens is 469 g/mol. The molecule has 0 saturated carbocycles. The van der Waals surface area contributed by atoms with Gasteiger partial charge in [-0.3, -0.25) is 14.5 Å². The highest BCUT2D eigenvalue weighted by molar-refractivity contribution is 14.1. The molecule has 1 N–H and O–H groups in total. The quantitative estimate of drug-likeness (QED) is 0.268. The van der Waals surface area contributed by atoms with Crippen LogP contribution in [-0.4, -0.2) is 27.0 Å². The maximum atomic E-state index is 12.7. The average Bonchev–Trinajstić information content (AvgIpc) is 3.37. The number of nitrogens with zero attached hydrogens (tertiary/aromatic N) is 3. The Balaban J connectivity index is 1.94. The Hall–Kier alpha value is -2.53. The summed E-state index contributed by atoms with van der Waals surface area (Å²) in [6.45, 7) is 0. The van der Waals surface area contributed by atoms with Crippen molar-refractivity contribution >= 4 is 56.5 Å². The van der Waals surface area contributed by atoms with Gasteiger partial charge in [-0.2, -0.15) is 0 Å². The summed E-state index contributed by atoms with van der Waals surface area (Å²) in [6, 6.07) is 11.1. The van der Waals surface area contributed by atoms with Crippen LogP contribution in [0, 0.1) is 3.77 Å². The van der Waals surface area contributed by atoms with Crippen LogP contribution in [0.1, 0.15) is 17.4 Å². The minimum atomic E-state index is -0.910. The van der Waals surface area contributed by atoms with Crippen molar-refractivity contribution in [2.24, 2.45) is 0 Å². The zero-order valence-corrected chi connectivity index (χ0v) is 16.0. The van der Waals surface area contributed by atoms with Crippen LogP contribution in [0.2, 0.25) is 0 Å². The van der Waals surface area contributed by atoms with Gasteiger partial charge in [0.1, 0.15) is 23.1 Å². The van der Waals surface area contributed by atoms with Gasteiger partial charge in [0, 0.05) is 5.56 Å². The maximum Gasteiger partial charge on any atom is 0.302 e. The van der Waals surface area contributed by atoms with Crippen molar-refractivity contribution in [2.75, 3.05) is 4.90 Å². The molecule has 1 unspecified atom stereocenters. The molecule has 4 rings (SSSR count). The smallest absolute Gasteiger partial charge is 0.302 e. The van der Waals surface area contributed by atoms with E-state index in [1.807, 2.05) is 22.6 Å². The third kappa shape index (κ3) is 2.72. The van der Waals surface area contributed by atoms with Crippen LogP contribution >= 0.6 is 33.9 Å². The van der Waals surface area contributed by atoms with Crippen LogP contribution in [0.15, 0.2) is 58.0 Å². The Morgan fingerprint density at radius 2 is 1.96 bits per heavy atom. The molecule has 9 heteroatoms. The van der Waals surface area contributed by atoms with Crippen molar-refractivity contribution in [3.8, 4) is 0 Å². The summed E-state index contributed by atoms with van der Waals surface area (Å²) in [6.07, 6.45) is 0. The fourth-order valence-corrected chi connectivity index (χ4v) is 3.82. The fourth-order valence-electron chi connectivity index (χ4n) is 2.80. The van der Waals surface area contributed by atoms with E-state index in [-0.39, 0.29) is 16.5 Å². The molecule has 1 aliphatic heterocycles. The SMILES string of the molecule is O=C1C(=O)N(c2nncs2)C(c2ccc(I)o2)/C1=C(\O)c1ccccc1. The van der Waals surface area contributed by atoms with Crippen LogP contribution in [0.25, 0.3) is 5.76 Å². The van der Waals surface area contributed by atoms with Crippen molar-refractivity contribution in [2.45, 2.75) is 6.04 Å². The largest absolute Gasteiger partial charge is 0.507 e. The number of furan rings is 1. The zero-order chi connectivity index (χ0) is 18.3. The van der Waals surface area contributed by atoms with E-state index < -0.39 is 17.7 Å². The number of rotatable bonds is 3. The van der Waals surface area contributed by atoms with Crippen LogP contribution < -0.4 is 4.90 Å². The molecule has 1 aromatic carbocycles. The number of hydrogen-bond donors (Lipinski definition) is 1. The van der Waals surface area contributed by atoms with Crippen molar-refractivity contribution in [1.29, 1.82) is 0 Å². The Morgan fingerprint density at radius 1 is 1.19 bits per heavy atom. The fraction of sp³-hybridized carbons (Fsp3) is 0.0588. The number of carbonyl (C=O) groups is 2. The molecule has 26 heavy (non-hydrogen) atoms. The highest BCUT2D eigenvalue weighted by Gasteiger charge is 2.49. The number of benzene rings is 1. The van der Waals surface area contributed by atoms with Crippen molar-refractivity contribution < 1.29 is 19.1 Å². The van der Waals surface area contributed by atoms with Gasteiger partial charge in [0.15, 0.2) is 3.77 Å². The van der Waals surface area contributed by atoms with Gasteiger partial charge in [-0.1, -0.05) is 41.7 Å². The molecule has 0 bridgehead atoms. The lowest BCUT2D eigenvalue weighted by molar-refractivity contribution is -0.132. The summed E-state index contributed by atoms with van der Waals surface area (Å²) >= 11 is 3.12. The van der Waals surface area contributed by atoms with E-state index in [2.05, 4.69) is 10.2 Å². The van der Waals surface area contributed by atoms with Gasteiger partial charge in [-0.25, -0.2) is 0 Å². The maximum absolute atomic E-state index is 12.7. The lowest BCUT2D eigenvalue weighted by Gasteiger charge is -2.20. The number of halogens is 1. The van der Waals surface area contributed by atoms with Gasteiger partial charge in [0.2, 0.25) is 5.13 Å². The zero-order valence-electron chi connectivity index (χ0n) is 13.0. The van der Waals surface area contributed by atoms with Crippen molar-refractivity contribution in [3.63, 3.8) is 0 Å². The first-order valence-electron chi connectivity index (χ1n) is 7.45. The molecule has 0 aliphatic carbocycles. The topological polar surface area (TPSA) is 96.5 Å². The van der Waals surface area contributed by atoms with Crippen molar-refractivity contribution in [1.82, 2.24) is 10.2 Å². The van der Waals surface area contributed by atoms with E-state index in [1.165, 1.54) is 10.4 Å². The van der Waals surface area contributed by atoms with Gasteiger partial charge in [0.05, 0.1) is 5.57 Å². The molecule has 1 aliphatic rings. The number of aromatic nitrogens is 2. The standard InChI is InChI=1S/C17H10IN3O4S/c18-11-7-6-10(25-11)13-12(14(22)9-4-2-1-3-5-9)15(23)16(24)21(13)17-20-19-8-26-17/h1-8,13,22H/b14-12+. The normalized spacial score (nSPS) is 19.3. The second-order valence-electron chi connectivity index (χ2n) is 5.40.